The molecule has 2 aromatic carbocycles. The number of benzene rings is 2. The largest absolute Gasteiger partial charge is 0.493 e. The van der Waals surface area contributed by atoms with Crippen LogP contribution in [0, 0.1) is 13.8 Å². The summed E-state index contributed by atoms with van der Waals surface area (Å²) in [6.07, 6.45) is 0.923. The first-order valence-electron chi connectivity index (χ1n) is 6.97. The molecule has 2 rings (SSSR count). The molecular formula is C18H20O2. The standard InChI is InChI=1S/C18H20O2/c1-4-11-20-17-8-6-5-7-16(17)18(19)15-10-9-13(2)14(3)12-15/h5-10,12H,4,11H2,1-3H3. The Morgan fingerprint density at radius 3 is 2.50 bits per heavy atom. The van der Waals surface area contributed by atoms with Crippen LogP contribution in [0.2, 0.25) is 0 Å². The van der Waals surface area contributed by atoms with E-state index < -0.39 is 0 Å². The Balaban J connectivity index is 2.35. The fourth-order valence-electron chi connectivity index (χ4n) is 2.03. The molecule has 0 heterocycles. The molecule has 0 atom stereocenters. The number of hydrogen-bond donors (Lipinski definition) is 0. The molecular weight excluding hydrogens is 248 g/mol. The third kappa shape index (κ3) is 3.08. The lowest BCUT2D eigenvalue weighted by Gasteiger charge is -2.10. The van der Waals surface area contributed by atoms with Gasteiger partial charge in [0.15, 0.2) is 5.78 Å². The number of hydrogen-bond acceptors (Lipinski definition) is 2. The number of ketones is 1. The van der Waals surface area contributed by atoms with E-state index in [9.17, 15) is 4.79 Å². The van der Waals surface area contributed by atoms with Gasteiger partial charge in [-0.2, -0.15) is 0 Å². The van der Waals surface area contributed by atoms with E-state index in [0.717, 1.165) is 12.0 Å². The van der Waals surface area contributed by atoms with E-state index in [4.69, 9.17) is 4.74 Å². The van der Waals surface area contributed by atoms with Crippen LogP contribution in [0.3, 0.4) is 0 Å². The van der Waals surface area contributed by atoms with Crippen LogP contribution in [0.1, 0.15) is 40.4 Å². The van der Waals surface area contributed by atoms with E-state index in [1.807, 2.05) is 63.2 Å². The molecule has 0 bridgehead atoms. The average molecular weight is 268 g/mol. The molecule has 0 N–H and O–H groups in total. The zero-order valence-electron chi connectivity index (χ0n) is 12.3. The number of carbonyl (C=O) groups excluding carboxylic acids is 1. The van der Waals surface area contributed by atoms with Crippen molar-refractivity contribution in [3.63, 3.8) is 0 Å². The third-order valence-corrected chi connectivity index (χ3v) is 3.36. The van der Waals surface area contributed by atoms with E-state index in [0.29, 0.717) is 23.5 Å². The van der Waals surface area contributed by atoms with Gasteiger partial charge in [-0.15, -0.1) is 0 Å². The SMILES string of the molecule is CCCOc1ccccc1C(=O)c1ccc(C)c(C)c1. The van der Waals surface area contributed by atoms with E-state index in [2.05, 4.69) is 0 Å². The van der Waals surface area contributed by atoms with Crippen LogP contribution < -0.4 is 4.74 Å². The molecule has 0 amide bonds. The van der Waals surface area contributed by atoms with Gasteiger partial charge in [-0.3, -0.25) is 4.79 Å². The molecule has 104 valence electrons. The van der Waals surface area contributed by atoms with Crippen molar-refractivity contribution in [1.82, 2.24) is 0 Å². The highest BCUT2D eigenvalue weighted by Crippen LogP contribution is 2.22. The molecule has 2 nitrogen and oxygen atoms in total. The highest BCUT2D eigenvalue weighted by atomic mass is 16.5. The first-order valence-corrected chi connectivity index (χ1v) is 6.97. The third-order valence-electron chi connectivity index (χ3n) is 3.36. The Morgan fingerprint density at radius 1 is 1.05 bits per heavy atom. The molecule has 0 aromatic heterocycles. The second-order valence-electron chi connectivity index (χ2n) is 4.97. The maximum absolute atomic E-state index is 12.6. The fraction of sp³-hybridized carbons (Fsp3) is 0.278. The van der Waals surface area contributed by atoms with Gasteiger partial charge in [-0.05, 0) is 49.6 Å². The Kier molecular flexibility index (Phi) is 4.57. The van der Waals surface area contributed by atoms with Crippen LogP contribution in [0.5, 0.6) is 5.75 Å². The normalized spacial score (nSPS) is 10.3. The summed E-state index contributed by atoms with van der Waals surface area (Å²) in [4.78, 5) is 12.6. The molecule has 20 heavy (non-hydrogen) atoms. The number of aryl methyl sites for hydroxylation is 2. The zero-order valence-corrected chi connectivity index (χ0v) is 12.3. The van der Waals surface area contributed by atoms with E-state index >= 15 is 0 Å². The number of carbonyl (C=O) groups is 1. The summed E-state index contributed by atoms with van der Waals surface area (Å²) in [5.74, 6) is 0.678. The number of para-hydroxylation sites is 1. The minimum atomic E-state index is 0.0137. The predicted molar refractivity (Wildman–Crippen MR) is 81.6 cm³/mol. The second-order valence-corrected chi connectivity index (χ2v) is 4.97. The van der Waals surface area contributed by atoms with Gasteiger partial charge in [0, 0.05) is 5.56 Å². The summed E-state index contributed by atoms with van der Waals surface area (Å²) in [6.45, 7) is 6.73. The Hall–Kier alpha value is -2.09. The van der Waals surface area contributed by atoms with Crippen molar-refractivity contribution in [2.75, 3.05) is 6.61 Å². The first kappa shape index (κ1) is 14.3. The van der Waals surface area contributed by atoms with Crippen LogP contribution >= 0.6 is 0 Å². The number of ether oxygens (including phenoxy) is 1. The van der Waals surface area contributed by atoms with E-state index in [1.54, 1.807) is 0 Å². The van der Waals surface area contributed by atoms with Crippen LogP contribution in [0.4, 0.5) is 0 Å². The molecule has 0 spiro atoms. The van der Waals surface area contributed by atoms with E-state index in [-0.39, 0.29) is 5.78 Å². The second kappa shape index (κ2) is 6.38. The van der Waals surface area contributed by atoms with Gasteiger partial charge in [0.05, 0.1) is 12.2 Å². The maximum atomic E-state index is 12.6. The minimum absolute atomic E-state index is 0.0137. The Morgan fingerprint density at radius 2 is 1.80 bits per heavy atom. The van der Waals surface area contributed by atoms with Gasteiger partial charge in [0.25, 0.3) is 0 Å². The van der Waals surface area contributed by atoms with Gasteiger partial charge >= 0.3 is 0 Å². The Labute approximate surface area is 120 Å². The summed E-state index contributed by atoms with van der Waals surface area (Å²) >= 11 is 0. The van der Waals surface area contributed by atoms with Crippen molar-refractivity contribution in [1.29, 1.82) is 0 Å². The lowest BCUT2D eigenvalue weighted by atomic mass is 9.99. The predicted octanol–water partition coefficient (Wildman–Crippen LogP) is 4.32. The monoisotopic (exact) mass is 268 g/mol. The molecule has 0 saturated carbocycles. The summed E-state index contributed by atoms with van der Waals surface area (Å²) in [7, 11) is 0. The smallest absolute Gasteiger partial charge is 0.196 e. The van der Waals surface area contributed by atoms with Crippen LogP contribution in [0.25, 0.3) is 0 Å². The molecule has 0 aliphatic heterocycles. The maximum Gasteiger partial charge on any atom is 0.196 e. The summed E-state index contributed by atoms with van der Waals surface area (Å²) in [6, 6.07) is 13.2. The molecule has 0 saturated heterocycles. The van der Waals surface area contributed by atoms with Crippen molar-refractivity contribution in [2.45, 2.75) is 27.2 Å². The highest BCUT2D eigenvalue weighted by Gasteiger charge is 2.14. The van der Waals surface area contributed by atoms with Gasteiger partial charge in [-0.1, -0.05) is 31.2 Å². The van der Waals surface area contributed by atoms with Crippen LogP contribution in [-0.2, 0) is 0 Å². The lowest BCUT2D eigenvalue weighted by Crippen LogP contribution is -2.06. The van der Waals surface area contributed by atoms with Crippen molar-refractivity contribution < 1.29 is 9.53 Å². The summed E-state index contributed by atoms with van der Waals surface area (Å²) < 4.78 is 5.66. The molecule has 0 radical (unpaired) electrons. The van der Waals surface area contributed by atoms with Crippen molar-refractivity contribution in [2.24, 2.45) is 0 Å². The molecule has 0 unspecified atom stereocenters. The van der Waals surface area contributed by atoms with Crippen molar-refractivity contribution in [3.05, 3.63) is 64.7 Å². The first-order chi connectivity index (χ1) is 9.63. The average Bonchev–Trinajstić information content (AvgIpc) is 2.47. The van der Waals surface area contributed by atoms with Crippen molar-refractivity contribution >= 4 is 5.78 Å². The fourth-order valence-corrected chi connectivity index (χ4v) is 2.03. The Bertz CT molecular complexity index is 615. The minimum Gasteiger partial charge on any atom is -0.493 e. The summed E-state index contributed by atoms with van der Waals surface area (Å²) in [5.41, 5.74) is 3.66. The van der Waals surface area contributed by atoms with E-state index in [1.165, 1.54) is 5.56 Å². The van der Waals surface area contributed by atoms with Gasteiger partial charge in [0.1, 0.15) is 5.75 Å². The molecule has 0 fully saturated rings. The highest BCUT2D eigenvalue weighted by molar-refractivity contribution is 6.10. The zero-order chi connectivity index (χ0) is 14.5. The van der Waals surface area contributed by atoms with Crippen LogP contribution in [-0.4, -0.2) is 12.4 Å². The quantitative estimate of drug-likeness (QED) is 0.755. The van der Waals surface area contributed by atoms with Crippen molar-refractivity contribution in [3.8, 4) is 5.75 Å². The molecule has 2 aromatic rings. The topological polar surface area (TPSA) is 26.3 Å². The lowest BCUT2D eigenvalue weighted by molar-refractivity contribution is 0.103. The summed E-state index contributed by atoms with van der Waals surface area (Å²) in [5, 5.41) is 0. The van der Waals surface area contributed by atoms with Gasteiger partial charge in [-0.25, -0.2) is 0 Å². The molecule has 2 heteroatoms. The molecule has 0 aliphatic carbocycles. The number of rotatable bonds is 5. The van der Waals surface area contributed by atoms with Crippen LogP contribution in [0.15, 0.2) is 42.5 Å². The van der Waals surface area contributed by atoms with Gasteiger partial charge in [0.2, 0.25) is 0 Å². The van der Waals surface area contributed by atoms with Gasteiger partial charge < -0.3 is 4.74 Å². The molecule has 0 aliphatic rings.